The van der Waals surface area contributed by atoms with E-state index in [1.807, 2.05) is 44.2 Å². The van der Waals surface area contributed by atoms with Gasteiger partial charge in [0.15, 0.2) is 0 Å². The molecule has 3 heterocycles. The molecule has 0 aliphatic carbocycles. The molecule has 3 amide bonds. The molecule has 10 heteroatoms. The molecule has 0 aromatic heterocycles. The van der Waals surface area contributed by atoms with E-state index in [-0.39, 0.29) is 43.3 Å². The fraction of sp³-hybridized carbons (Fsp3) is 0.600. The Morgan fingerprint density at radius 2 is 1.89 bits per heavy atom. The maximum Gasteiger partial charge on any atom is 0.313 e. The quantitative estimate of drug-likeness (QED) is 0.145. The molecule has 3 fully saturated rings. The zero-order chi connectivity index (χ0) is 32.6. The third-order valence-electron chi connectivity index (χ3n) is 9.34. The molecule has 45 heavy (non-hydrogen) atoms. The fourth-order valence-electron chi connectivity index (χ4n) is 7.18. The Balaban J connectivity index is 1.60. The van der Waals surface area contributed by atoms with Crippen LogP contribution in [0.3, 0.4) is 0 Å². The van der Waals surface area contributed by atoms with Gasteiger partial charge >= 0.3 is 5.97 Å². The highest BCUT2D eigenvalue weighted by atomic mass is 16.6. The van der Waals surface area contributed by atoms with E-state index in [4.69, 9.17) is 9.47 Å². The molecule has 0 unspecified atom stereocenters. The minimum Gasteiger partial charge on any atom is -0.455 e. The van der Waals surface area contributed by atoms with Crippen LogP contribution >= 0.6 is 0 Å². The van der Waals surface area contributed by atoms with Crippen molar-refractivity contribution in [1.82, 2.24) is 15.1 Å². The van der Waals surface area contributed by atoms with E-state index in [1.165, 1.54) is 0 Å². The number of nitrogens with one attached hydrogen (secondary N) is 1. The fourth-order valence-corrected chi connectivity index (χ4v) is 7.18. The highest BCUT2D eigenvalue weighted by Gasteiger charge is 2.75. The Morgan fingerprint density at radius 1 is 1.16 bits per heavy atom. The molecule has 1 spiro atoms. The number of benzene rings is 1. The summed E-state index contributed by atoms with van der Waals surface area (Å²) in [4.78, 5) is 58.3. The minimum atomic E-state index is -1.12. The van der Waals surface area contributed by atoms with Crippen molar-refractivity contribution < 1.29 is 33.8 Å². The Hall–Kier alpha value is -3.50. The van der Waals surface area contributed by atoms with Gasteiger partial charge in [-0.2, -0.15) is 0 Å². The van der Waals surface area contributed by atoms with Gasteiger partial charge in [-0.15, -0.1) is 13.2 Å². The summed E-state index contributed by atoms with van der Waals surface area (Å²) in [6.45, 7) is 12.2. The van der Waals surface area contributed by atoms with Crippen LogP contribution < -0.4 is 5.32 Å². The Kier molecular flexibility index (Phi) is 12.0. The molecule has 3 saturated heterocycles. The predicted octanol–water partition coefficient (Wildman–Crippen LogP) is 3.70. The van der Waals surface area contributed by atoms with Crippen LogP contribution in [0, 0.1) is 11.8 Å². The number of aliphatic hydroxyl groups is 1. The molecule has 4 rings (SSSR count). The molecule has 1 aromatic rings. The molecule has 6 atom stereocenters. The number of allylic oxidation sites excluding steroid dienone is 1. The first-order valence-electron chi connectivity index (χ1n) is 16.3. The number of ether oxygens (including phenoxy) is 2. The highest BCUT2D eigenvalue weighted by molar-refractivity contribution is 5.98. The lowest BCUT2D eigenvalue weighted by Gasteiger charge is -2.38. The van der Waals surface area contributed by atoms with Crippen molar-refractivity contribution in [3.8, 4) is 0 Å². The average Bonchev–Trinajstić information content (AvgIpc) is 3.68. The Bertz CT molecular complexity index is 1220. The van der Waals surface area contributed by atoms with E-state index < -0.39 is 41.7 Å². The number of unbranched alkanes of at least 4 members (excludes halogenated alkanes) is 3. The van der Waals surface area contributed by atoms with Crippen molar-refractivity contribution in [3.05, 3.63) is 61.2 Å². The van der Waals surface area contributed by atoms with E-state index in [2.05, 4.69) is 18.5 Å². The van der Waals surface area contributed by atoms with Crippen LogP contribution in [0.1, 0.15) is 76.9 Å². The average molecular weight is 624 g/mol. The maximum absolute atomic E-state index is 14.3. The van der Waals surface area contributed by atoms with Crippen molar-refractivity contribution in [1.29, 1.82) is 0 Å². The van der Waals surface area contributed by atoms with E-state index in [1.54, 1.807) is 22.0 Å². The molecule has 2 bridgehead atoms. The third kappa shape index (κ3) is 7.33. The van der Waals surface area contributed by atoms with Gasteiger partial charge in [-0.05, 0) is 51.5 Å². The topological polar surface area (TPSA) is 125 Å². The molecule has 0 saturated carbocycles. The van der Waals surface area contributed by atoms with E-state index in [0.717, 1.165) is 18.4 Å². The van der Waals surface area contributed by atoms with Crippen molar-refractivity contribution in [2.45, 2.75) is 95.1 Å². The summed E-state index contributed by atoms with van der Waals surface area (Å²) in [7, 11) is 0. The summed E-state index contributed by atoms with van der Waals surface area (Å²) in [5, 5.41) is 12.0. The van der Waals surface area contributed by atoms with Gasteiger partial charge in [-0.25, -0.2) is 0 Å². The molecular weight excluding hydrogens is 574 g/mol. The SMILES string of the molecule is C=CCCC(=O)NC[C@H](OC(=O)[C@@H]1[C@@H]2CC[C@]3(O2)[C@H](C(=O)N(CC=C)C(C)C)N(CCCCCCO)C(=O)[C@@H]13)c1ccccc1. The van der Waals surface area contributed by atoms with Crippen LogP contribution in [-0.4, -0.2) is 88.6 Å². The van der Waals surface area contributed by atoms with Crippen LogP contribution in [0.2, 0.25) is 0 Å². The van der Waals surface area contributed by atoms with Crippen LogP contribution in [-0.2, 0) is 28.7 Å². The summed E-state index contributed by atoms with van der Waals surface area (Å²) in [5.74, 6) is -2.89. The largest absolute Gasteiger partial charge is 0.455 e. The number of hydrogen-bond donors (Lipinski definition) is 2. The third-order valence-corrected chi connectivity index (χ3v) is 9.34. The molecule has 0 radical (unpaired) electrons. The van der Waals surface area contributed by atoms with Crippen LogP contribution in [0.4, 0.5) is 0 Å². The first-order chi connectivity index (χ1) is 21.7. The predicted molar refractivity (Wildman–Crippen MR) is 170 cm³/mol. The second-order valence-corrected chi connectivity index (χ2v) is 12.6. The minimum absolute atomic E-state index is 0.0830. The Morgan fingerprint density at radius 3 is 2.56 bits per heavy atom. The van der Waals surface area contributed by atoms with Gasteiger partial charge in [-0.1, -0.05) is 55.3 Å². The van der Waals surface area contributed by atoms with Gasteiger partial charge in [0.2, 0.25) is 17.7 Å². The number of amides is 3. The monoisotopic (exact) mass is 623 g/mol. The van der Waals surface area contributed by atoms with Crippen molar-refractivity contribution in [2.75, 3.05) is 26.2 Å². The number of hydrogen-bond acceptors (Lipinski definition) is 7. The smallest absolute Gasteiger partial charge is 0.313 e. The molecule has 10 nitrogen and oxygen atoms in total. The first-order valence-corrected chi connectivity index (χ1v) is 16.3. The van der Waals surface area contributed by atoms with Crippen LogP contribution in [0.25, 0.3) is 0 Å². The summed E-state index contributed by atoms with van der Waals surface area (Å²) in [5.41, 5.74) is -0.399. The van der Waals surface area contributed by atoms with Gasteiger partial charge in [0.25, 0.3) is 0 Å². The van der Waals surface area contributed by atoms with Crippen LogP contribution in [0.5, 0.6) is 0 Å². The second-order valence-electron chi connectivity index (χ2n) is 12.6. The van der Waals surface area contributed by atoms with Gasteiger partial charge in [0, 0.05) is 32.2 Å². The number of carbonyl (C=O) groups excluding carboxylic acids is 4. The van der Waals surface area contributed by atoms with E-state index >= 15 is 0 Å². The van der Waals surface area contributed by atoms with Crippen molar-refractivity contribution in [3.63, 3.8) is 0 Å². The first kappa shape index (κ1) is 34.4. The number of esters is 1. The standard InChI is InChI=1S/C35H49N3O7/c1-5-7-17-28(40)36-23-27(25-15-11-10-12-16-25)44-34(43)29-26-18-19-35(45-26)30(29)32(41)38(21-13-8-9-14-22-39)31(35)33(42)37(20-6-2)24(3)4/h5-6,10-12,15-16,24,26-27,29-31,39H,1-2,7-9,13-14,17-23H2,3-4H3,(H,36,40)/t26-,27-,29+,30+,31-,35+/m0/s1. The van der Waals surface area contributed by atoms with Gasteiger partial charge in [0.05, 0.1) is 24.5 Å². The highest BCUT2D eigenvalue weighted by Crippen LogP contribution is 2.59. The number of fused-ring (bicyclic) bond motifs is 1. The normalized spacial score (nSPS) is 25.6. The molecule has 3 aliphatic rings. The van der Waals surface area contributed by atoms with Crippen molar-refractivity contribution >= 4 is 23.7 Å². The molecule has 1 aromatic carbocycles. The lowest BCUT2D eigenvalue weighted by Crippen LogP contribution is -2.57. The van der Waals surface area contributed by atoms with Gasteiger partial charge in [0.1, 0.15) is 17.7 Å². The zero-order valence-electron chi connectivity index (χ0n) is 26.7. The maximum atomic E-state index is 14.3. The lowest BCUT2D eigenvalue weighted by molar-refractivity contribution is -0.160. The molecule has 2 N–H and O–H groups in total. The van der Waals surface area contributed by atoms with Gasteiger partial charge < -0.3 is 29.7 Å². The lowest BCUT2D eigenvalue weighted by atomic mass is 9.70. The Labute approximate surface area is 266 Å². The number of nitrogens with zero attached hydrogens (tertiary/aromatic N) is 2. The second kappa shape index (κ2) is 15.7. The summed E-state index contributed by atoms with van der Waals surface area (Å²) < 4.78 is 12.7. The number of aliphatic hydroxyl groups excluding tert-OH is 1. The summed E-state index contributed by atoms with van der Waals surface area (Å²) >= 11 is 0. The molecule has 246 valence electrons. The molecule has 3 aliphatic heterocycles. The number of likely N-dealkylation sites (tertiary alicyclic amines) is 1. The summed E-state index contributed by atoms with van der Waals surface area (Å²) in [6, 6.07) is 8.22. The van der Waals surface area contributed by atoms with Crippen LogP contribution in [0.15, 0.2) is 55.6 Å². The van der Waals surface area contributed by atoms with E-state index in [0.29, 0.717) is 45.2 Å². The van der Waals surface area contributed by atoms with Crippen molar-refractivity contribution in [2.24, 2.45) is 11.8 Å². The summed E-state index contributed by atoms with van der Waals surface area (Å²) in [6.07, 6.45) is 6.86. The van der Waals surface area contributed by atoms with E-state index in [9.17, 15) is 24.3 Å². The number of carbonyl (C=O) groups is 4. The zero-order valence-corrected chi connectivity index (χ0v) is 26.7. The molecular formula is C35H49N3O7. The number of rotatable bonds is 18. The van der Waals surface area contributed by atoms with Gasteiger partial charge in [-0.3, -0.25) is 19.2 Å².